The van der Waals surface area contributed by atoms with Crippen molar-refractivity contribution in [3.05, 3.63) is 126 Å². The number of nitrogens with one attached hydrogen (secondary N) is 2. The van der Waals surface area contributed by atoms with Gasteiger partial charge in [0.15, 0.2) is 0 Å². The number of nitrogens with zero attached hydrogens (tertiary/aromatic N) is 3. The van der Waals surface area contributed by atoms with Crippen molar-refractivity contribution in [3.63, 3.8) is 0 Å². The molecule has 4 aromatic carbocycles. The fraction of sp³-hybridized carbons (Fsp3) is 0.395. The number of piperidine rings is 3. The van der Waals surface area contributed by atoms with Crippen LogP contribution >= 0.6 is 0 Å². The summed E-state index contributed by atoms with van der Waals surface area (Å²) in [6.07, 6.45) is 5.81. The Hall–Kier alpha value is -4.63. The summed E-state index contributed by atoms with van der Waals surface area (Å²) in [6.45, 7) is 2.37. The molecule has 0 radical (unpaired) electrons. The molecule has 0 aliphatic carbocycles. The normalized spacial score (nSPS) is 21.1. The highest BCUT2D eigenvalue weighted by Crippen LogP contribution is 2.37. The second-order valence-corrected chi connectivity index (χ2v) is 19.1. The highest BCUT2D eigenvalue weighted by molar-refractivity contribution is 7.89. The van der Waals surface area contributed by atoms with Crippen LogP contribution in [0.2, 0.25) is 0 Å². The minimum atomic E-state index is -4.02. The van der Waals surface area contributed by atoms with Crippen LogP contribution in [-0.4, -0.2) is 82.1 Å². The second kappa shape index (κ2) is 17.9. The lowest BCUT2D eigenvalue weighted by Crippen LogP contribution is -2.51. The molecule has 0 spiro atoms. The molecule has 14 heteroatoms. The highest BCUT2D eigenvalue weighted by atomic mass is 32.2. The molecule has 3 heterocycles. The van der Waals surface area contributed by atoms with Crippen LogP contribution in [0.15, 0.2) is 113 Å². The molecule has 7 rings (SSSR count). The van der Waals surface area contributed by atoms with Crippen molar-refractivity contribution in [1.29, 1.82) is 0 Å². The van der Waals surface area contributed by atoms with Gasteiger partial charge in [-0.3, -0.25) is 9.59 Å². The maximum atomic E-state index is 14.5. The van der Waals surface area contributed by atoms with Gasteiger partial charge in [0, 0.05) is 50.5 Å². The molecule has 0 bridgehead atoms. The van der Waals surface area contributed by atoms with Crippen molar-refractivity contribution < 1.29 is 30.8 Å². The predicted octanol–water partition coefficient (Wildman–Crippen LogP) is 5.58. The average Bonchev–Trinajstić information content (AvgIpc) is 3.22. The van der Waals surface area contributed by atoms with Crippen molar-refractivity contribution in [2.75, 3.05) is 37.6 Å². The van der Waals surface area contributed by atoms with Crippen LogP contribution in [0.4, 0.5) is 10.1 Å². The van der Waals surface area contributed by atoms with Crippen molar-refractivity contribution in [1.82, 2.24) is 19.2 Å². The van der Waals surface area contributed by atoms with Gasteiger partial charge in [0.2, 0.25) is 31.9 Å². The van der Waals surface area contributed by atoms with Crippen LogP contribution in [0.3, 0.4) is 0 Å². The fourth-order valence-electron chi connectivity index (χ4n) is 8.24. The summed E-state index contributed by atoms with van der Waals surface area (Å²) in [5.41, 5.74) is 3.31. The van der Waals surface area contributed by atoms with Crippen molar-refractivity contribution in [2.45, 2.75) is 85.7 Å². The van der Waals surface area contributed by atoms with E-state index in [1.807, 2.05) is 66.7 Å². The fourth-order valence-corrected chi connectivity index (χ4v) is 11.5. The third kappa shape index (κ3) is 9.92. The molecule has 3 aliphatic heterocycles. The van der Waals surface area contributed by atoms with Gasteiger partial charge in [0.1, 0.15) is 5.82 Å². The summed E-state index contributed by atoms with van der Waals surface area (Å²) in [7, 11) is -7.88. The number of hydrogen-bond donors (Lipinski definition) is 2. The summed E-state index contributed by atoms with van der Waals surface area (Å²) in [6, 6.07) is 27.3. The molecule has 3 aliphatic rings. The number of carbonyl (C=O) groups is 2. The monoisotopic (exact) mass is 815 g/mol. The van der Waals surface area contributed by atoms with E-state index in [2.05, 4.69) is 15.5 Å². The van der Waals surface area contributed by atoms with Crippen LogP contribution < -0.4 is 15.5 Å². The minimum Gasteiger partial charge on any atom is -0.372 e. The van der Waals surface area contributed by atoms with E-state index in [9.17, 15) is 30.8 Å². The maximum Gasteiger partial charge on any atom is 0.243 e. The molecule has 4 aromatic rings. The average molecular weight is 816 g/mol. The largest absolute Gasteiger partial charge is 0.372 e. The molecule has 57 heavy (non-hydrogen) atoms. The summed E-state index contributed by atoms with van der Waals surface area (Å²) in [5, 5.41) is 6.08. The first-order valence-corrected chi connectivity index (χ1v) is 22.7. The van der Waals surface area contributed by atoms with Gasteiger partial charge in [0.05, 0.1) is 28.7 Å². The standard InChI is InChI=1S/C43H50FN5O6S2/c44-35-14-19-39(20-15-35)56(52,53)48-26-8-13-36(30-48)45-43(51)29-33-11-7-12-34(27-33)41-23-16-37(46-42(50)28-32-9-3-1-4-10-32)31-49(41)57(54,55)40-21-17-38(18-22-40)47-24-5-2-6-25-47/h1,3-4,7,9-12,14-15,17-22,27,36-37,41H,2,5-6,8,13,16,23-26,28-31H2,(H,45,51)(H,46,50). The number of hydrogen-bond acceptors (Lipinski definition) is 7. The van der Waals surface area contributed by atoms with E-state index < -0.39 is 44.0 Å². The number of amides is 2. The van der Waals surface area contributed by atoms with E-state index >= 15 is 0 Å². The third-order valence-electron chi connectivity index (χ3n) is 11.2. The second-order valence-electron chi connectivity index (χ2n) is 15.3. The highest BCUT2D eigenvalue weighted by Gasteiger charge is 2.39. The van der Waals surface area contributed by atoms with Gasteiger partial charge in [0.25, 0.3) is 0 Å². The Labute approximate surface area is 335 Å². The summed E-state index contributed by atoms with van der Waals surface area (Å²) in [5.74, 6) is -0.971. The predicted molar refractivity (Wildman–Crippen MR) is 217 cm³/mol. The van der Waals surface area contributed by atoms with Gasteiger partial charge in [-0.25, -0.2) is 21.2 Å². The Balaban J connectivity index is 1.06. The summed E-state index contributed by atoms with van der Waals surface area (Å²) in [4.78, 5) is 29.0. The molecular weight excluding hydrogens is 766 g/mol. The van der Waals surface area contributed by atoms with Gasteiger partial charge in [-0.15, -0.1) is 0 Å². The first-order chi connectivity index (χ1) is 27.5. The van der Waals surface area contributed by atoms with Crippen molar-refractivity contribution in [3.8, 4) is 0 Å². The van der Waals surface area contributed by atoms with Crippen LogP contribution in [0.25, 0.3) is 0 Å². The third-order valence-corrected chi connectivity index (χ3v) is 14.9. The first-order valence-electron chi connectivity index (χ1n) is 19.8. The van der Waals surface area contributed by atoms with Crippen molar-refractivity contribution in [2.24, 2.45) is 0 Å². The molecular formula is C43H50FN5O6S2. The zero-order valence-electron chi connectivity index (χ0n) is 31.9. The molecule has 0 saturated carbocycles. The van der Waals surface area contributed by atoms with Gasteiger partial charge < -0.3 is 15.5 Å². The molecule has 2 amide bonds. The van der Waals surface area contributed by atoms with E-state index in [1.54, 1.807) is 12.1 Å². The molecule has 3 saturated heterocycles. The minimum absolute atomic E-state index is 0.00168. The van der Waals surface area contributed by atoms with E-state index in [4.69, 9.17) is 0 Å². The van der Waals surface area contributed by atoms with Gasteiger partial charge in [-0.1, -0.05) is 54.6 Å². The molecule has 0 aromatic heterocycles. The number of carbonyl (C=O) groups excluding carboxylic acids is 2. The topological polar surface area (TPSA) is 136 Å². The zero-order valence-corrected chi connectivity index (χ0v) is 33.6. The van der Waals surface area contributed by atoms with Gasteiger partial charge >= 0.3 is 0 Å². The molecule has 3 atom stereocenters. The Kier molecular flexibility index (Phi) is 12.7. The van der Waals surface area contributed by atoms with E-state index in [0.29, 0.717) is 37.8 Å². The van der Waals surface area contributed by atoms with Crippen LogP contribution in [-0.2, 0) is 42.5 Å². The number of anilines is 1. The van der Waals surface area contributed by atoms with E-state index in [1.165, 1.54) is 27.2 Å². The Morgan fingerprint density at radius 1 is 0.614 bits per heavy atom. The smallest absolute Gasteiger partial charge is 0.243 e. The first kappa shape index (κ1) is 40.6. The molecule has 2 N–H and O–H groups in total. The Morgan fingerprint density at radius 2 is 1.23 bits per heavy atom. The number of sulfonamides is 2. The van der Waals surface area contributed by atoms with Crippen LogP contribution in [0.1, 0.15) is 67.7 Å². The van der Waals surface area contributed by atoms with Crippen LogP contribution in [0.5, 0.6) is 0 Å². The molecule has 11 nitrogen and oxygen atoms in total. The zero-order chi connectivity index (χ0) is 40.0. The van der Waals surface area contributed by atoms with E-state index in [0.717, 1.165) is 54.9 Å². The number of benzene rings is 4. The quantitative estimate of drug-likeness (QED) is 0.191. The summed E-state index contributed by atoms with van der Waals surface area (Å²) < 4.78 is 71.9. The lowest BCUT2D eigenvalue weighted by atomic mass is 9.93. The summed E-state index contributed by atoms with van der Waals surface area (Å²) >= 11 is 0. The Bertz CT molecular complexity index is 2240. The van der Waals surface area contributed by atoms with Gasteiger partial charge in [-0.2, -0.15) is 8.61 Å². The number of halogens is 1. The SMILES string of the molecule is O=C(Cc1cccc(C2CCC(NC(=O)Cc3ccccc3)CN2S(=O)(=O)c2ccc(N3CCCCC3)cc2)c1)NC1CCCN(S(=O)(=O)c2ccc(F)cc2)C1. The Morgan fingerprint density at radius 3 is 1.93 bits per heavy atom. The molecule has 302 valence electrons. The van der Waals surface area contributed by atoms with E-state index in [-0.39, 0.29) is 47.5 Å². The number of rotatable bonds is 12. The molecule has 3 unspecified atom stereocenters. The lowest BCUT2D eigenvalue weighted by Gasteiger charge is -2.39. The van der Waals surface area contributed by atoms with Gasteiger partial charge in [-0.05, 0) is 110 Å². The lowest BCUT2D eigenvalue weighted by molar-refractivity contribution is -0.122. The van der Waals surface area contributed by atoms with Crippen molar-refractivity contribution >= 4 is 37.5 Å². The van der Waals surface area contributed by atoms with Crippen LogP contribution in [0, 0.1) is 5.82 Å². The maximum absolute atomic E-state index is 14.5. The molecule has 3 fully saturated rings.